The van der Waals surface area contributed by atoms with Crippen LogP contribution in [0.25, 0.3) is 0 Å². The second-order valence-electron chi connectivity index (χ2n) is 3.59. The number of rotatable bonds is 5. The summed E-state index contributed by atoms with van der Waals surface area (Å²) in [4.78, 5) is 10.3. The molecule has 0 bridgehead atoms. The van der Waals surface area contributed by atoms with Crippen molar-refractivity contribution < 1.29 is 4.79 Å². The Hall–Kier alpha value is -1.62. The Morgan fingerprint density at radius 1 is 1.53 bits per heavy atom. The van der Waals surface area contributed by atoms with Crippen molar-refractivity contribution in [2.24, 2.45) is 0 Å². The molecule has 0 aliphatic carbocycles. The molecule has 0 heterocycles. The van der Waals surface area contributed by atoms with Gasteiger partial charge in [0.2, 0.25) is 0 Å². The molecule has 0 aliphatic rings. The van der Waals surface area contributed by atoms with Gasteiger partial charge in [0.05, 0.1) is 11.6 Å². The fourth-order valence-electron chi connectivity index (χ4n) is 1.74. The Bertz CT molecular complexity index is 365. The van der Waals surface area contributed by atoms with E-state index in [0.29, 0.717) is 17.9 Å². The molecule has 0 radical (unpaired) electrons. The second-order valence-corrected chi connectivity index (χ2v) is 3.59. The molecular formula is C13H15NO. The molecule has 0 N–H and O–H groups in total. The third-order valence-corrected chi connectivity index (χ3v) is 2.61. The lowest BCUT2D eigenvalue weighted by molar-refractivity contribution is -0.108. The van der Waals surface area contributed by atoms with Gasteiger partial charge < -0.3 is 4.79 Å². The predicted molar refractivity (Wildman–Crippen MR) is 59.5 cm³/mol. The zero-order valence-electron chi connectivity index (χ0n) is 8.94. The van der Waals surface area contributed by atoms with Gasteiger partial charge in [0.25, 0.3) is 0 Å². The molecule has 0 aromatic heterocycles. The Morgan fingerprint density at radius 2 is 2.33 bits per heavy atom. The molecule has 78 valence electrons. The molecule has 15 heavy (non-hydrogen) atoms. The fourth-order valence-corrected chi connectivity index (χ4v) is 1.74. The van der Waals surface area contributed by atoms with Gasteiger partial charge in [-0.3, -0.25) is 0 Å². The van der Waals surface area contributed by atoms with E-state index in [1.807, 2.05) is 18.2 Å². The summed E-state index contributed by atoms with van der Waals surface area (Å²) in [6, 6.07) is 9.78. The minimum Gasteiger partial charge on any atom is -0.303 e. The van der Waals surface area contributed by atoms with Crippen LogP contribution in [0.1, 0.15) is 43.2 Å². The molecule has 1 rings (SSSR count). The summed E-state index contributed by atoms with van der Waals surface area (Å²) >= 11 is 0. The molecule has 0 unspecified atom stereocenters. The van der Waals surface area contributed by atoms with Gasteiger partial charge in [0.1, 0.15) is 6.29 Å². The van der Waals surface area contributed by atoms with E-state index < -0.39 is 0 Å². The molecule has 0 amide bonds. The summed E-state index contributed by atoms with van der Waals surface area (Å²) in [5.41, 5.74) is 1.86. The van der Waals surface area contributed by atoms with Gasteiger partial charge in [0, 0.05) is 6.42 Å². The van der Waals surface area contributed by atoms with Gasteiger partial charge in [0.15, 0.2) is 0 Å². The number of carbonyl (C=O) groups excluding carboxylic acids is 1. The normalized spacial score (nSPS) is 11.7. The van der Waals surface area contributed by atoms with E-state index in [2.05, 4.69) is 13.0 Å². The maximum absolute atomic E-state index is 10.3. The highest BCUT2D eigenvalue weighted by Gasteiger charge is 2.09. The highest BCUT2D eigenvalue weighted by atomic mass is 16.1. The van der Waals surface area contributed by atoms with Crippen molar-refractivity contribution in [3.63, 3.8) is 0 Å². The van der Waals surface area contributed by atoms with Crippen LogP contribution in [0.5, 0.6) is 0 Å². The average molecular weight is 201 g/mol. The van der Waals surface area contributed by atoms with E-state index >= 15 is 0 Å². The van der Waals surface area contributed by atoms with Gasteiger partial charge in [-0.15, -0.1) is 0 Å². The van der Waals surface area contributed by atoms with Crippen molar-refractivity contribution in [2.45, 2.75) is 32.1 Å². The van der Waals surface area contributed by atoms with Crippen molar-refractivity contribution in [3.8, 4) is 6.07 Å². The Balaban J connectivity index is 2.82. The number of aldehydes is 1. The SMILES string of the molecule is CC[C@H](CCC=O)c1cccc(C#N)c1. The first-order valence-corrected chi connectivity index (χ1v) is 5.25. The zero-order valence-corrected chi connectivity index (χ0v) is 8.94. The van der Waals surface area contributed by atoms with Crippen LogP contribution in [0.2, 0.25) is 0 Å². The van der Waals surface area contributed by atoms with Crippen LogP contribution in [0, 0.1) is 11.3 Å². The van der Waals surface area contributed by atoms with Crippen LogP contribution in [0.15, 0.2) is 24.3 Å². The molecule has 0 fully saturated rings. The topological polar surface area (TPSA) is 40.9 Å². The first kappa shape index (κ1) is 11.5. The summed E-state index contributed by atoms with van der Waals surface area (Å²) < 4.78 is 0. The molecule has 2 heteroatoms. The monoisotopic (exact) mass is 201 g/mol. The van der Waals surface area contributed by atoms with Crippen LogP contribution in [-0.4, -0.2) is 6.29 Å². The van der Waals surface area contributed by atoms with Crippen LogP contribution < -0.4 is 0 Å². The lowest BCUT2D eigenvalue weighted by Gasteiger charge is -2.13. The van der Waals surface area contributed by atoms with Crippen LogP contribution in [0.4, 0.5) is 0 Å². The summed E-state index contributed by atoms with van der Waals surface area (Å²) in [6.07, 6.45) is 3.42. The van der Waals surface area contributed by atoms with Crippen LogP contribution in [0.3, 0.4) is 0 Å². The molecule has 0 saturated heterocycles. The summed E-state index contributed by atoms with van der Waals surface area (Å²) in [5, 5.41) is 8.79. The lowest BCUT2D eigenvalue weighted by Crippen LogP contribution is -1.98. The fraction of sp³-hybridized carbons (Fsp3) is 0.385. The third kappa shape index (κ3) is 3.21. The minimum atomic E-state index is 0.392. The van der Waals surface area contributed by atoms with Crippen LogP contribution >= 0.6 is 0 Å². The van der Waals surface area contributed by atoms with E-state index in [1.54, 1.807) is 6.07 Å². The molecule has 0 spiro atoms. The molecule has 1 aromatic rings. The van der Waals surface area contributed by atoms with Gasteiger partial charge in [-0.25, -0.2) is 0 Å². The van der Waals surface area contributed by atoms with Gasteiger partial charge in [-0.1, -0.05) is 19.1 Å². The maximum atomic E-state index is 10.3. The van der Waals surface area contributed by atoms with Crippen LogP contribution in [-0.2, 0) is 4.79 Å². The van der Waals surface area contributed by atoms with E-state index in [1.165, 1.54) is 5.56 Å². The molecule has 0 aliphatic heterocycles. The minimum absolute atomic E-state index is 0.392. The maximum Gasteiger partial charge on any atom is 0.120 e. The average Bonchev–Trinajstić information content (AvgIpc) is 2.30. The lowest BCUT2D eigenvalue weighted by atomic mass is 9.91. The molecule has 1 atom stereocenters. The molecule has 0 saturated carbocycles. The second kappa shape index (κ2) is 5.98. The predicted octanol–water partition coefficient (Wildman–Crippen LogP) is 3.03. The van der Waals surface area contributed by atoms with Crippen molar-refractivity contribution in [1.82, 2.24) is 0 Å². The summed E-state index contributed by atoms with van der Waals surface area (Å²) in [6.45, 7) is 2.11. The number of hydrogen-bond acceptors (Lipinski definition) is 2. The number of carbonyl (C=O) groups is 1. The van der Waals surface area contributed by atoms with Crippen molar-refractivity contribution >= 4 is 6.29 Å². The van der Waals surface area contributed by atoms with Gasteiger partial charge >= 0.3 is 0 Å². The molecule has 2 nitrogen and oxygen atoms in total. The highest BCUT2D eigenvalue weighted by Crippen LogP contribution is 2.24. The zero-order chi connectivity index (χ0) is 11.1. The van der Waals surface area contributed by atoms with Gasteiger partial charge in [-0.05, 0) is 36.5 Å². The molecule has 1 aromatic carbocycles. The van der Waals surface area contributed by atoms with Crippen molar-refractivity contribution in [2.75, 3.05) is 0 Å². The number of nitrogens with zero attached hydrogens (tertiary/aromatic N) is 1. The first-order valence-electron chi connectivity index (χ1n) is 5.25. The van der Waals surface area contributed by atoms with Crippen molar-refractivity contribution in [3.05, 3.63) is 35.4 Å². The quantitative estimate of drug-likeness (QED) is 0.687. The number of nitriles is 1. The third-order valence-electron chi connectivity index (χ3n) is 2.61. The van der Waals surface area contributed by atoms with E-state index in [-0.39, 0.29) is 0 Å². The number of hydrogen-bond donors (Lipinski definition) is 0. The Morgan fingerprint density at radius 3 is 2.93 bits per heavy atom. The Labute approximate surface area is 90.5 Å². The van der Waals surface area contributed by atoms with E-state index in [4.69, 9.17) is 5.26 Å². The first-order chi connectivity index (χ1) is 7.31. The molecular weight excluding hydrogens is 186 g/mol. The highest BCUT2D eigenvalue weighted by molar-refractivity contribution is 5.49. The van der Waals surface area contributed by atoms with Crippen molar-refractivity contribution in [1.29, 1.82) is 5.26 Å². The van der Waals surface area contributed by atoms with E-state index in [9.17, 15) is 4.79 Å². The van der Waals surface area contributed by atoms with Gasteiger partial charge in [-0.2, -0.15) is 5.26 Å². The Kier molecular flexibility index (Phi) is 4.56. The smallest absolute Gasteiger partial charge is 0.120 e. The standard InChI is InChI=1S/C13H15NO/c1-2-12(7-4-8-15)13-6-3-5-11(9-13)10-14/h3,5-6,8-9,12H,2,4,7H2,1H3/t12-/m1/s1. The number of benzene rings is 1. The largest absolute Gasteiger partial charge is 0.303 e. The summed E-state index contributed by atoms with van der Waals surface area (Å²) in [5.74, 6) is 0.392. The summed E-state index contributed by atoms with van der Waals surface area (Å²) in [7, 11) is 0. The van der Waals surface area contributed by atoms with E-state index in [0.717, 1.165) is 19.1 Å².